The Kier molecular flexibility index (Phi) is 10.9. The fourth-order valence-electron chi connectivity index (χ4n) is 4.87. The van der Waals surface area contributed by atoms with Crippen LogP contribution in [0.15, 0.2) is 110 Å². The van der Waals surface area contributed by atoms with Crippen molar-refractivity contribution in [1.82, 2.24) is 5.06 Å². The third-order valence-corrected chi connectivity index (χ3v) is 9.61. The van der Waals surface area contributed by atoms with Crippen molar-refractivity contribution in [3.05, 3.63) is 107 Å². The van der Waals surface area contributed by atoms with Gasteiger partial charge in [-0.05, 0) is 84.8 Å². The molecule has 0 amide bonds. The van der Waals surface area contributed by atoms with E-state index in [1.165, 1.54) is 42.5 Å². The van der Waals surface area contributed by atoms with Gasteiger partial charge in [0.25, 0.3) is 10.1 Å². The zero-order valence-corrected chi connectivity index (χ0v) is 29.1. The fraction of sp³-hybridized carbons (Fsp3) is 0.176. The Balaban J connectivity index is 1.37. The Labute approximate surface area is 290 Å². The highest BCUT2D eigenvalue weighted by Crippen LogP contribution is 2.35. The number of methoxy groups -OCH3 is 1. The summed E-state index contributed by atoms with van der Waals surface area (Å²) in [5, 5.41) is 17.1. The summed E-state index contributed by atoms with van der Waals surface area (Å²) in [6, 6.07) is 23.0. The molecule has 1 aliphatic rings. The first-order valence-corrected chi connectivity index (χ1v) is 18.1. The lowest BCUT2D eigenvalue weighted by Crippen LogP contribution is -2.27. The van der Waals surface area contributed by atoms with Crippen LogP contribution in [0.1, 0.15) is 35.3 Å². The second-order valence-electron chi connectivity index (χ2n) is 10.9. The second-order valence-corrected chi connectivity index (χ2v) is 13.8. The molecule has 0 saturated carbocycles. The van der Waals surface area contributed by atoms with Gasteiger partial charge >= 0.3 is 10.1 Å². The van der Waals surface area contributed by atoms with Crippen LogP contribution >= 0.6 is 0 Å². The largest absolute Gasteiger partial charge is 0.494 e. The van der Waals surface area contributed by atoms with E-state index in [1.54, 1.807) is 51.1 Å². The summed E-state index contributed by atoms with van der Waals surface area (Å²) in [4.78, 5) is 12.8. The van der Waals surface area contributed by atoms with E-state index in [2.05, 4.69) is 26.1 Å². The molecule has 0 spiro atoms. The number of Topliss-reactive ketones (excluding diaryl/α,β-unsaturated/α-hetero) is 1. The normalized spacial score (nSPS) is 14.2. The quantitative estimate of drug-likeness (QED) is 0.0732. The number of ketones is 1. The zero-order chi connectivity index (χ0) is 36.1. The van der Waals surface area contributed by atoms with Crippen molar-refractivity contribution >= 4 is 66.2 Å². The van der Waals surface area contributed by atoms with E-state index in [0.29, 0.717) is 35.7 Å². The summed E-state index contributed by atoms with van der Waals surface area (Å²) >= 11 is 0. The third-order valence-electron chi connectivity index (χ3n) is 7.49. The maximum atomic E-state index is 13.5. The van der Waals surface area contributed by atoms with Crippen LogP contribution in [0, 0.1) is 6.92 Å². The average Bonchev–Trinajstić information content (AvgIpc) is 3.09. The Hall–Kier alpha value is -5.26. The first-order chi connectivity index (χ1) is 23.8. The number of para-hydroxylation sites is 1. The molecule has 0 radical (unpaired) electrons. The van der Waals surface area contributed by atoms with Gasteiger partial charge in [-0.2, -0.15) is 41.5 Å². The lowest BCUT2D eigenvalue weighted by atomic mass is 9.94. The molecular weight excluding hydrogens is 685 g/mol. The number of carbonyl (C=O) groups excluding carboxylic acids is 1. The van der Waals surface area contributed by atoms with Crippen LogP contribution < -0.4 is 15.5 Å². The first-order valence-electron chi connectivity index (χ1n) is 15.3. The Bertz CT molecular complexity index is 2220. The molecule has 0 bridgehead atoms. The Morgan fingerprint density at radius 1 is 0.860 bits per heavy atom. The molecule has 3 N–H and O–H groups in total. The van der Waals surface area contributed by atoms with Gasteiger partial charge in [-0.25, -0.2) is 0 Å². The van der Waals surface area contributed by atoms with Crippen LogP contribution in [0.3, 0.4) is 0 Å². The van der Waals surface area contributed by atoms with Crippen molar-refractivity contribution in [2.75, 3.05) is 30.9 Å². The highest BCUT2D eigenvalue weighted by molar-refractivity contribution is 7.91. The van der Waals surface area contributed by atoms with Crippen molar-refractivity contribution in [3.8, 4) is 5.75 Å². The summed E-state index contributed by atoms with van der Waals surface area (Å²) in [5.74, 6) is -0.477. The number of azo groups is 1. The van der Waals surface area contributed by atoms with Crippen LogP contribution in [0.25, 0.3) is 6.08 Å². The number of anilines is 3. The summed E-state index contributed by atoms with van der Waals surface area (Å²) in [6.07, 6.45) is 1.19. The van der Waals surface area contributed by atoms with Crippen molar-refractivity contribution in [3.63, 3.8) is 0 Å². The molecule has 14 nitrogen and oxygen atoms in total. The SMILES string of the molecule is CCN(CC)OS(=O)(=O)c1ccc(/N=N/c2cc(OC)c(N/N=C3\C(=O)c4ccc(Nc5ccccc5)cc4C=C3S(=O)(=O)O)cc2C)cc1. The topological polar surface area (TPSA) is 188 Å². The number of hydrazone groups is 1. The van der Waals surface area contributed by atoms with Gasteiger partial charge in [-0.3, -0.25) is 14.8 Å². The molecule has 0 fully saturated rings. The monoisotopic (exact) mass is 718 g/mol. The van der Waals surface area contributed by atoms with Gasteiger partial charge in [0, 0.05) is 36.1 Å². The molecule has 4 aromatic carbocycles. The minimum absolute atomic E-state index is 0.0324. The number of hydroxylamine groups is 2. The lowest BCUT2D eigenvalue weighted by molar-refractivity contribution is -0.0413. The average molecular weight is 719 g/mol. The number of ether oxygens (including phenoxy) is 1. The van der Waals surface area contributed by atoms with E-state index in [-0.39, 0.29) is 27.5 Å². The molecule has 50 heavy (non-hydrogen) atoms. The van der Waals surface area contributed by atoms with Gasteiger partial charge in [0.05, 0.1) is 29.1 Å². The fourth-order valence-corrected chi connectivity index (χ4v) is 6.57. The smallest absolute Gasteiger partial charge is 0.313 e. The molecule has 260 valence electrons. The lowest BCUT2D eigenvalue weighted by Gasteiger charge is -2.18. The maximum absolute atomic E-state index is 13.5. The number of nitrogens with one attached hydrogen (secondary N) is 2. The molecule has 0 unspecified atom stereocenters. The zero-order valence-electron chi connectivity index (χ0n) is 27.5. The van der Waals surface area contributed by atoms with Crippen LogP contribution in [0.4, 0.5) is 28.4 Å². The van der Waals surface area contributed by atoms with Crippen molar-refractivity contribution in [2.45, 2.75) is 25.7 Å². The van der Waals surface area contributed by atoms with Crippen LogP contribution in [0.2, 0.25) is 0 Å². The summed E-state index contributed by atoms with van der Waals surface area (Å²) in [6.45, 7) is 6.10. The molecule has 16 heteroatoms. The van der Waals surface area contributed by atoms with Crippen LogP contribution in [0.5, 0.6) is 5.75 Å². The number of hydrogen-bond donors (Lipinski definition) is 3. The molecular formula is C34H34N6O8S2. The third kappa shape index (κ3) is 8.30. The van der Waals surface area contributed by atoms with Gasteiger partial charge < -0.3 is 10.1 Å². The molecule has 0 atom stereocenters. The number of carbonyl (C=O) groups is 1. The van der Waals surface area contributed by atoms with E-state index in [1.807, 2.05) is 30.3 Å². The van der Waals surface area contributed by atoms with E-state index in [9.17, 15) is 26.2 Å². The number of allylic oxidation sites excluding steroid dienone is 1. The summed E-state index contributed by atoms with van der Waals surface area (Å²) in [5.41, 5.74) is 5.72. The van der Waals surface area contributed by atoms with Gasteiger partial charge in [0.1, 0.15) is 10.7 Å². The Morgan fingerprint density at radius 2 is 1.56 bits per heavy atom. The number of rotatable bonds is 13. The van der Waals surface area contributed by atoms with Crippen molar-refractivity contribution < 1.29 is 35.2 Å². The van der Waals surface area contributed by atoms with Crippen LogP contribution in [-0.4, -0.2) is 58.1 Å². The van der Waals surface area contributed by atoms with E-state index >= 15 is 0 Å². The number of aryl methyl sites for hydroxylation is 1. The molecule has 4 aromatic rings. The highest BCUT2D eigenvalue weighted by atomic mass is 32.2. The summed E-state index contributed by atoms with van der Waals surface area (Å²) in [7, 11) is -7.46. The predicted molar refractivity (Wildman–Crippen MR) is 191 cm³/mol. The number of hydrogen-bond acceptors (Lipinski definition) is 13. The second kappa shape index (κ2) is 15.1. The van der Waals surface area contributed by atoms with Gasteiger partial charge in [0.2, 0.25) is 5.78 Å². The van der Waals surface area contributed by atoms with Crippen molar-refractivity contribution in [1.29, 1.82) is 0 Å². The Morgan fingerprint density at radius 3 is 2.20 bits per heavy atom. The van der Waals surface area contributed by atoms with Gasteiger partial charge in [0.15, 0.2) is 5.71 Å². The number of fused-ring (bicyclic) bond motifs is 1. The summed E-state index contributed by atoms with van der Waals surface area (Å²) < 4.78 is 70.6. The molecule has 0 aromatic heterocycles. The van der Waals surface area contributed by atoms with E-state index < -0.39 is 36.6 Å². The standard InChI is InChI=1S/C34H34N6O8S2/c1-5-40(6-2)48-50(45,46)27-15-12-25(13-16-27)36-37-29-21-31(47-4)30(18-22(29)3)38-39-33-32(49(42,43)44)20-23-19-26(14-17-28(23)34(33)41)35-24-10-8-7-9-11-24/h7-21,35,38H,5-6H2,1-4H3,(H,42,43,44)/b37-36+,39-33-. The number of benzene rings is 4. The highest BCUT2D eigenvalue weighted by Gasteiger charge is 2.33. The predicted octanol–water partition coefficient (Wildman–Crippen LogP) is 7.02. The number of nitrogens with zero attached hydrogens (tertiary/aromatic N) is 4. The molecule has 0 heterocycles. The van der Waals surface area contributed by atoms with E-state index in [4.69, 9.17) is 9.02 Å². The first kappa shape index (κ1) is 36.0. The van der Waals surface area contributed by atoms with Crippen LogP contribution in [-0.2, 0) is 24.5 Å². The minimum Gasteiger partial charge on any atom is -0.494 e. The minimum atomic E-state index is -4.86. The maximum Gasteiger partial charge on any atom is 0.313 e. The van der Waals surface area contributed by atoms with E-state index in [0.717, 1.165) is 5.69 Å². The van der Waals surface area contributed by atoms with Gasteiger partial charge in [-0.15, -0.1) is 0 Å². The molecule has 0 aliphatic heterocycles. The molecule has 5 rings (SSSR count). The molecule has 0 saturated heterocycles. The van der Waals surface area contributed by atoms with Crippen molar-refractivity contribution in [2.24, 2.45) is 15.3 Å². The molecule has 1 aliphatic carbocycles. The van der Waals surface area contributed by atoms with Gasteiger partial charge in [-0.1, -0.05) is 32.0 Å².